The van der Waals surface area contributed by atoms with Crippen molar-refractivity contribution in [2.24, 2.45) is 0 Å². The zero-order valence-corrected chi connectivity index (χ0v) is 10.9. The fraction of sp³-hybridized carbons (Fsp3) is 0. The van der Waals surface area contributed by atoms with Gasteiger partial charge in [-0.1, -0.05) is 0 Å². The van der Waals surface area contributed by atoms with Crippen LogP contribution in [0.25, 0.3) is 0 Å². The smallest absolute Gasteiger partial charge is 0.314 e. The van der Waals surface area contributed by atoms with Crippen molar-refractivity contribution in [2.75, 3.05) is 0 Å². The van der Waals surface area contributed by atoms with E-state index in [0.717, 1.165) is 24.3 Å². The fourth-order valence-electron chi connectivity index (χ4n) is 1.39. The largest absolute Gasteiger partial charge is 0.450 e. The molecule has 2 aromatic carbocycles. The maximum atomic E-state index is 13.0. The van der Waals surface area contributed by atoms with Crippen molar-refractivity contribution < 1.29 is 18.4 Å². The molecule has 0 unspecified atom stereocenters. The highest BCUT2D eigenvalue weighted by Crippen LogP contribution is 2.33. The number of hydrogen-bond donors (Lipinski definition) is 0. The molecule has 98 valence electrons. The lowest BCUT2D eigenvalue weighted by molar-refractivity contribution is -0.385. The first-order valence-electron chi connectivity index (χ1n) is 5.04. The first-order valence-corrected chi connectivity index (χ1v) is 5.83. The summed E-state index contributed by atoms with van der Waals surface area (Å²) >= 11 is 2.97. The highest BCUT2D eigenvalue weighted by Gasteiger charge is 2.17. The van der Waals surface area contributed by atoms with Crippen molar-refractivity contribution in [1.29, 1.82) is 0 Å². The van der Waals surface area contributed by atoms with E-state index in [1.807, 2.05) is 0 Å². The lowest BCUT2D eigenvalue weighted by Crippen LogP contribution is -1.94. The van der Waals surface area contributed by atoms with Crippen LogP contribution in [0.3, 0.4) is 0 Å². The van der Waals surface area contributed by atoms with Gasteiger partial charge in [-0.05, 0) is 46.3 Å². The molecule has 7 heteroatoms. The summed E-state index contributed by atoms with van der Waals surface area (Å²) in [5.74, 6) is -1.15. The second-order valence-corrected chi connectivity index (χ2v) is 4.40. The fourth-order valence-corrected chi connectivity index (χ4v) is 1.74. The van der Waals surface area contributed by atoms with Gasteiger partial charge in [-0.15, -0.1) is 0 Å². The Morgan fingerprint density at radius 3 is 2.53 bits per heavy atom. The van der Waals surface area contributed by atoms with Gasteiger partial charge >= 0.3 is 5.69 Å². The number of benzene rings is 2. The van der Waals surface area contributed by atoms with Gasteiger partial charge in [0.15, 0.2) is 0 Å². The van der Waals surface area contributed by atoms with Gasteiger partial charge in [0.25, 0.3) is 0 Å². The third kappa shape index (κ3) is 3.05. The van der Waals surface area contributed by atoms with Crippen LogP contribution in [0.2, 0.25) is 0 Å². The number of rotatable bonds is 3. The van der Waals surface area contributed by atoms with Gasteiger partial charge < -0.3 is 4.74 Å². The molecule has 0 atom stereocenters. The maximum Gasteiger partial charge on any atom is 0.314 e. The molecule has 0 aliphatic rings. The number of nitrogens with zero attached hydrogens (tertiary/aromatic N) is 1. The van der Waals surface area contributed by atoms with Crippen LogP contribution in [0.15, 0.2) is 40.9 Å². The molecule has 0 saturated heterocycles. The number of halogens is 3. The molecule has 0 N–H and O–H groups in total. The van der Waals surface area contributed by atoms with Crippen molar-refractivity contribution in [3.63, 3.8) is 0 Å². The molecule has 2 aromatic rings. The van der Waals surface area contributed by atoms with E-state index in [4.69, 9.17) is 4.74 Å². The Morgan fingerprint density at radius 2 is 1.89 bits per heavy atom. The predicted octanol–water partition coefficient (Wildman–Crippen LogP) is 4.43. The van der Waals surface area contributed by atoms with E-state index >= 15 is 0 Å². The quantitative estimate of drug-likeness (QED) is 0.618. The average Bonchev–Trinajstić information content (AvgIpc) is 2.36. The van der Waals surface area contributed by atoms with Gasteiger partial charge in [0, 0.05) is 0 Å². The van der Waals surface area contributed by atoms with Gasteiger partial charge in [-0.3, -0.25) is 10.1 Å². The summed E-state index contributed by atoms with van der Waals surface area (Å²) in [6, 6.07) is 6.73. The van der Waals surface area contributed by atoms with Crippen molar-refractivity contribution in [2.45, 2.75) is 0 Å². The number of nitro groups is 1. The molecule has 0 aromatic heterocycles. The Hall–Kier alpha value is -2.02. The van der Waals surface area contributed by atoms with E-state index in [2.05, 4.69) is 15.9 Å². The van der Waals surface area contributed by atoms with Crippen LogP contribution in [-0.4, -0.2) is 4.92 Å². The van der Waals surface area contributed by atoms with Crippen molar-refractivity contribution in [3.05, 3.63) is 62.6 Å². The minimum absolute atomic E-state index is 0.120. The third-order valence-corrected chi connectivity index (χ3v) is 2.84. The third-order valence-electron chi connectivity index (χ3n) is 2.24. The van der Waals surface area contributed by atoms with Crippen molar-refractivity contribution in [1.82, 2.24) is 0 Å². The molecule has 2 rings (SSSR count). The van der Waals surface area contributed by atoms with Gasteiger partial charge in [-0.2, -0.15) is 0 Å². The molecular weight excluding hydrogens is 324 g/mol. The van der Waals surface area contributed by atoms with E-state index in [1.54, 1.807) is 0 Å². The van der Waals surface area contributed by atoms with Crippen LogP contribution in [0, 0.1) is 21.7 Å². The summed E-state index contributed by atoms with van der Waals surface area (Å²) in [6.45, 7) is 0. The van der Waals surface area contributed by atoms with Gasteiger partial charge in [0.2, 0.25) is 5.75 Å². The summed E-state index contributed by atoms with van der Waals surface area (Å²) in [5.41, 5.74) is -0.500. The van der Waals surface area contributed by atoms with Crippen LogP contribution in [0.4, 0.5) is 14.5 Å². The molecule has 0 spiro atoms. The molecule has 0 aliphatic heterocycles. The van der Waals surface area contributed by atoms with Crippen LogP contribution in [0.5, 0.6) is 11.5 Å². The molecule has 19 heavy (non-hydrogen) atoms. The molecule has 0 heterocycles. The second-order valence-electron chi connectivity index (χ2n) is 3.55. The summed E-state index contributed by atoms with van der Waals surface area (Å²) in [6.07, 6.45) is 0. The Balaban J connectivity index is 2.37. The Kier molecular flexibility index (Phi) is 3.75. The molecule has 0 fully saturated rings. The van der Waals surface area contributed by atoms with Crippen LogP contribution >= 0.6 is 15.9 Å². The summed E-state index contributed by atoms with van der Waals surface area (Å²) in [7, 11) is 0. The van der Waals surface area contributed by atoms with E-state index in [-0.39, 0.29) is 16.0 Å². The summed E-state index contributed by atoms with van der Waals surface area (Å²) in [5, 5.41) is 10.8. The summed E-state index contributed by atoms with van der Waals surface area (Å²) in [4.78, 5) is 10.0. The standard InChI is InChI=1S/C12H6BrF2NO3/c13-9-6-8(2-3-10(9)15)19-12-4-1-7(14)5-11(12)16(17)18/h1-6H. The minimum Gasteiger partial charge on any atom is -0.450 e. The zero-order chi connectivity index (χ0) is 14.0. The molecular formula is C12H6BrF2NO3. The van der Waals surface area contributed by atoms with E-state index in [9.17, 15) is 18.9 Å². The van der Waals surface area contributed by atoms with E-state index in [0.29, 0.717) is 0 Å². The van der Waals surface area contributed by atoms with Gasteiger partial charge in [0.05, 0.1) is 15.5 Å². The van der Waals surface area contributed by atoms with Crippen molar-refractivity contribution >= 4 is 21.6 Å². The molecule has 0 saturated carbocycles. The van der Waals surface area contributed by atoms with Crippen LogP contribution in [-0.2, 0) is 0 Å². The second kappa shape index (κ2) is 5.31. The lowest BCUT2D eigenvalue weighted by Gasteiger charge is -2.07. The minimum atomic E-state index is -0.753. The molecule has 0 radical (unpaired) electrons. The molecule has 4 nitrogen and oxygen atoms in total. The highest BCUT2D eigenvalue weighted by atomic mass is 79.9. The Morgan fingerprint density at radius 1 is 1.16 bits per heavy atom. The number of nitro benzene ring substituents is 1. The number of ether oxygens (including phenoxy) is 1. The Bertz CT molecular complexity index is 649. The van der Waals surface area contributed by atoms with Crippen molar-refractivity contribution in [3.8, 4) is 11.5 Å². The highest BCUT2D eigenvalue weighted by molar-refractivity contribution is 9.10. The molecule has 0 amide bonds. The topological polar surface area (TPSA) is 52.4 Å². The first kappa shape index (κ1) is 13.4. The van der Waals surface area contributed by atoms with Crippen LogP contribution < -0.4 is 4.74 Å². The summed E-state index contributed by atoms with van der Waals surface area (Å²) < 4.78 is 31.4. The van der Waals surface area contributed by atoms with Gasteiger partial charge in [0.1, 0.15) is 17.4 Å². The lowest BCUT2D eigenvalue weighted by atomic mass is 10.3. The monoisotopic (exact) mass is 329 g/mol. The normalized spacial score (nSPS) is 10.3. The predicted molar refractivity (Wildman–Crippen MR) is 67.2 cm³/mol. The Labute approximate surface area is 114 Å². The maximum absolute atomic E-state index is 13.0. The average molecular weight is 330 g/mol. The number of hydrogen-bond acceptors (Lipinski definition) is 3. The van der Waals surface area contributed by atoms with Crippen LogP contribution in [0.1, 0.15) is 0 Å². The molecule has 0 bridgehead atoms. The van der Waals surface area contributed by atoms with E-state index < -0.39 is 22.2 Å². The molecule has 0 aliphatic carbocycles. The zero-order valence-electron chi connectivity index (χ0n) is 9.27. The SMILES string of the molecule is O=[N+]([O-])c1cc(F)ccc1Oc1ccc(F)c(Br)c1. The van der Waals surface area contributed by atoms with E-state index in [1.165, 1.54) is 12.1 Å². The van der Waals surface area contributed by atoms with Gasteiger partial charge in [-0.25, -0.2) is 8.78 Å². The first-order chi connectivity index (χ1) is 8.97.